The number of hydrogen-bond donors (Lipinski definition) is 0. The van der Waals surface area contributed by atoms with E-state index in [1.54, 1.807) is 0 Å². The van der Waals surface area contributed by atoms with Crippen molar-refractivity contribution in [2.24, 2.45) is 0 Å². The number of carbonyl (C=O) groups excluding carboxylic acids is 1. The highest BCUT2D eigenvalue weighted by Crippen LogP contribution is 2.34. The van der Waals surface area contributed by atoms with Crippen molar-refractivity contribution in [1.82, 2.24) is 0 Å². The Hall–Kier alpha value is -1.34. The van der Waals surface area contributed by atoms with E-state index < -0.39 is 5.82 Å². The van der Waals surface area contributed by atoms with Gasteiger partial charge in [-0.25, -0.2) is 4.39 Å². The van der Waals surface area contributed by atoms with Crippen LogP contribution >= 0.6 is 34.2 Å². The van der Waals surface area contributed by atoms with Gasteiger partial charge < -0.3 is 9.47 Å². The van der Waals surface area contributed by atoms with Crippen molar-refractivity contribution in [1.29, 1.82) is 0 Å². The molecule has 0 aliphatic carbocycles. The minimum Gasteiger partial charge on any atom is -0.493 e. The molecule has 0 N–H and O–H groups in total. The Labute approximate surface area is 140 Å². The molecule has 0 saturated carbocycles. The van der Waals surface area contributed by atoms with Crippen molar-refractivity contribution in [2.75, 3.05) is 14.2 Å². The SMILES string of the molecule is COc1cc(Cl)c(C(=O)c2ccc(F)cc2I)cc1OC. The average molecular weight is 421 g/mol. The van der Waals surface area contributed by atoms with Crippen molar-refractivity contribution < 1.29 is 18.7 Å². The van der Waals surface area contributed by atoms with Crippen LogP contribution < -0.4 is 9.47 Å². The maximum Gasteiger partial charge on any atom is 0.195 e. The fourth-order valence-electron chi connectivity index (χ4n) is 1.85. The first-order chi connectivity index (χ1) is 9.97. The van der Waals surface area contributed by atoms with Gasteiger partial charge in [0.1, 0.15) is 5.82 Å². The second kappa shape index (κ2) is 6.62. The van der Waals surface area contributed by atoms with Crippen molar-refractivity contribution in [2.45, 2.75) is 0 Å². The molecule has 3 nitrogen and oxygen atoms in total. The molecule has 0 heterocycles. The summed E-state index contributed by atoms with van der Waals surface area (Å²) in [6.07, 6.45) is 0. The topological polar surface area (TPSA) is 35.5 Å². The fraction of sp³-hybridized carbons (Fsp3) is 0.133. The summed E-state index contributed by atoms with van der Waals surface area (Å²) in [4.78, 5) is 12.6. The third-order valence-corrected chi connectivity index (χ3v) is 4.10. The molecule has 2 rings (SSSR count). The lowest BCUT2D eigenvalue weighted by molar-refractivity contribution is 0.103. The molecule has 6 heteroatoms. The zero-order chi connectivity index (χ0) is 15.6. The Morgan fingerprint density at radius 2 is 1.71 bits per heavy atom. The zero-order valence-electron chi connectivity index (χ0n) is 11.2. The van der Waals surface area contributed by atoms with Crippen LogP contribution in [-0.2, 0) is 0 Å². The molecule has 0 atom stereocenters. The number of ketones is 1. The molecule has 2 aromatic rings. The molecule has 0 aromatic heterocycles. The van der Waals surface area contributed by atoms with Crippen LogP contribution in [0.5, 0.6) is 11.5 Å². The van der Waals surface area contributed by atoms with Gasteiger partial charge in [-0.2, -0.15) is 0 Å². The first kappa shape index (κ1) is 16.0. The highest BCUT2D eigenvalue weighted by Gasteiger charge is 2.19. The maximum absolute atomic E-state index is 13.1. The molecular formula is C15H11ClFIO3. The van der Waals surface area contributed by atoms with Crippen molar-refractivity contribution in [3.8, 4) is 11.5 Å². The van der Waals surface area contributed by atoms with E-state index in [2.05, 4.69) is 0 Å². The highest BCUT2D eigenvalue weighted by molar-refractivity contribution is 14.1. The molecule has 0 radical (unpaired) electrons. The van der Waals surface area contributed by atoms with Gasteiger partial charge in [0.05, 0.1) is 19.2 Å². The van der Waals surface area contributed by atoms with Gasteiger partial charge in [0.25, 0.3) is 0 Å². The first-order valence-electron chi connectivity index (χ1n) is 5.89. The van der Waals surface area contributed by atoms with E-state index in [0.29, 0.717) is 20.6 Å². The maximum atomic E-state index is 13.1. The summed E-state index contributed by atoms with van der Waals surface area (Å²) in [6, 6.07) is 7.01. The lowest BCUT2D eigenvalue weighted by Gasteiger charge is -2.11. The normalized spacial score (nSPS) is 10.3. The molecule has 0 aliphatic heterocycles. The van der Waals surface area contributed by atoms with Gasteiger partial charge >= 0.3 is 0 Å². The van der Waals surface area contributed by atoms with Gasteiger partial charge in [0, 0.05) is 20.8 Å². The first-order valence-corrected chi connectivity index (χ1v) is 7.35. The summed E-state index contributed by atoms with van der Waals surface area (Å²) in [5.41, 5.74) is 0.657. The Balaban J connectivity index is 2.53. The van der Waals surface area contributed by atoms with Crippen LogP contribution in [-0.4, -0.2) is 20.0 Å². The summed E-state index contributed by atoms with van der Waals surface area (Å²) in [6.45, 7) is 0. The van der Waals surface area contributed by atoms with Crippen LogP contribution in [0.2, 0.25) is 5.02 Å². The standard InChI is InChI=1S/C15H11ClFIO3/c1-20-13-6-10(11(16)7-14(13)21-2)15(19)9-4-3-8(17)5-12(9)18/h3-7H,1-2H3. The lowest BCUT2D eigenvalue weighted by Crippen LogP contribution is -2.06. The number of rotatable bonds is 4. The van der Waals surface area contributed by atoms with Gasteiger partial charge in [0.2, 0.25) is 0 Å². The zero-order valence-corrected chi connectivity index (χ0v) is 14.2. The third kappa shape index (κ3) is 3.29. The van der Waals surface area contributed by atoms with Gasteiger partial charge in [-0.1, -0.05) is 11.6 Å². The second-order valence-electron chi connectivity index (χ2n) is 4.14. The summed E-state index contributed by atoms with van der Waals surface area (Å²) >= 11 is 8.04. The smallest absolute Gasteiger partial charge is 0.195 e. The Morgan fingerprint density at radius 3 is 2.29 bits per heavy atom. The minimum atomic E-state index is -0.394. The van der Waals surface area contributed by atoms with E-state index in [4.69, 9.17) is 21.1 Å². The Morgan fingerprint density at radius 1 is 1.10 bits per heavy atom. The summed E-state index contributed by atoms with van der Waals surface area (Å²) in [5.74, 6) is 0.148. The fourth-order valence-corrected chi connectivity index (χ4v) is 2.81. The predicted molar refractivity (Wildman–Crippen MR) is 87.1 cm³/mol. The third-order valence-electron chi connectivity index (χ3n) is 2.89. The monoisotopic (exact) mass is 420 g/mol. The van der Waals surface area contributed by atoms with E-state index in [9.17, 15) is 9.18 Å². The number of methoxy groups -OCH3 is 2. The van der Waals surface area contributed by atoms with E-state index in [1.165, 1.54) is 44.6 Å². The van der Waals surface area contributed by atoms with Crippen LogP contribution in [0.1, 0.15) is 15.9 Å². The lowest BCUT2D eigenvalue weighted by atomic mass is 10.0. The molecule has 0 spiro atoms. The van der Waals surface area contributed by atoms with Gasteiger partial charge in [-0.15, -0.1) is 0 Å². The molecule has 110 valence electrons. The number of hydrogen-bond acceptors (Lipinski definition) is 3. The van der Waals surface area contributed by atoms with Gasteiger partial charge in [-0.05, 0) is 46.9 Å². The number of halogens is 3. The molecule has 21 heavy (non-hydrogen) atoms. The van der Waals surface area contributed by atoms with Crippen molar-refractivity contribution >= 4 is 40.0 Å². The molecular weight excluding hydrogens is 410 g/mol. The largest absolute Gasteiger partial charge is 0.493 e. The summed E-state index contributed by atoms with van der Waals surface area (Å²) < 4.78 is 23.9. The summed E-state index contributed by atoms with van der Waals surface area (Å²) in [7, 11) is 2.96. The molecule has 0 bridgehead atoms. The van der Waals surface area contributed by atoms with Crippen molar-refractivity contribution in [3.05, 3.63) is 55.9 Å². The molecule has 2 aromatic carbocycles. The van der Waals surface area contributed by atoms with Crippen LogP contribution in [0.4, 0.5) is 4.39 Å². The Bertz CT molecular complexity index is 704. The number of benzene rings is 2. The quantitative estimate of drug-likeness (QED) is 0.545. The van der Waals surface area contributed by atoms with E-state index >= 15 is 0 Å². The van der Waals surface area contributed by atoms with Crippen LogP contribution in [0.25, 0.3) is 0 Å². The predicted octanol–water partition coefficient (Wildman–Crippen LogP) is 4.33. The molecule has 0 fully saturated rings. The van der Waals surface area contributed by atoms with Crippen LogP contribution in [0.3, 0.4) is 0 Å². The van der Waals surface area contributed by atoms with E-state index in [-0.39, 0.29) is 16.4 Å². The Kier molecular flexibility index (Phi) is 5.05. The molecule has 0 amide bonds. The average Bonchev–Trinajstić information content (AvgIpc) is 2.46. The van der Waals surface area contributed by atoms with Gasteiger partial charge in [0.15, 0.2) is 17.3 Å². The molecule has 0 aliphatic rings. The minimum absolute atomic E-state index is 0.248. The van der Waals surface area contributed by atoms with E-state index in [1.807, 2.05) is 22.6 Å². The summed E-state index contributed by atoms with van der Waals surface area (Å²) in [5, 5.41) is 0.248. The van der Waals surface area contributed by atoms with Crippen molar-refractivity contribution in [3.63, 3.8) is 0 Å². The van der Waals surface area contributed by atoms with Gasteiger partial charge in [-0.3, -0.25) is 4.79 Å². The number of carbonyl (C=O) groups is 1. The second-order valence-corrected chi connectivity index (χ2v) is 5.71. The highest BCUT2D eigenvalue weighted by atomic mass is 127. The number of ether oxygens (including phenoxy) is 2. The van der Waals surface area contributed by atoms with Crippen LogP contribution in [0.15, 0.2) is 30.3 Å². The molecule has 0 saturated heterocycles. The van der Waals surface area contributed by atoms with E-state index in [0.717, 1.165) is 0 Å². The van der Waals surface area contributed by atoms with Crippen LogP contribution in [0, 0.1) is 9.39 Å². The molecule has 0 unspecified atom stereocenters.